The minimum absolute atomic E-state index is 0.0928. The molecule has 13 heavy (non-hydrogen) atoms. The molecule has 0 radical (unpaired) electrons. The second kappa shape index (κ2) is 2.78. The van der Waals surface area contributed by atoms with E-state index in [0.29, 0.717) is 6.54 Å². The Morgan fingerprint density at radius 3 is 2.62 bits per heavy atom. The average Bonchev–Trinajstić information content (AvgIpc) is 2.57. The van der Waals surface area contributed by atoms with E-state index in [9.17, 15) is 13.2 Å². The molecule has 3 unspecified atom stereocenters. The predicted molar refractivity (Wildman–Crippen MR) is 48.2 cm³/mol. The highest BCUT2D eigenvalue weighted by Gasteiger charge is 2.49. The van der Waals surface area contributed by atoms with Gasteiger partial charge in [-0.3, -0.25) is 4.90 Å². The zero-order valence-corrected chi connectivity index (χ0v) is 8.33. The van der Waals surface area contributed by atoms with Gasteiger partial charge in [-0.05, 0) is 13.3 Å². The first-order valence-corrected chi connectivity index (χ1v) is 6.19. The summed E-state index contributed by atoms with van der Waals surface area (Å²) in [7, 11) is -2.82. The molecule has 0 aromatic heterocycles. The second-order valence-electron chi connectivity index (χ2n) is 3.91. The van der Waals surface area contributed by atoms with Crippen LogP contribution in [0.25, 0.3) is 0 Å². The third-order valence-corrected chi connectivity index (χ3v) is 5.28. The summed E-state index contributed by atoms with van der Waals surface area (Å²) in [5.74, 6) is 0.246. The number of hydrogen-bond donors (Lipinski definition) is 0. The summed E-state index contributed by atoms with van der Waals surface area (Å²) in [5, 5.41) is -0.208. The van der Waals surface area contributed by atoms with Gasteiger partial charge in [0.2, 0.25) is 0 Å². The number of carbonyl (C=O) groups is 1. The van der Waals surface area contributed by atoms with Crippen LogP contribution in [-0.4, -0.2) is 49.2 Å². The Bertz CT molecular complexity index is 324. The molecule has 2 aliphatic heterocycles. The van der Waals surface area contributed by atoms with Gasteiger partial charge < -0.3 is 4.79 Å². The highest BCUT2D eigenvalue weighted by atomic mass is 32.2. The van der Waals surface area contributed by atoms with Gasteiger partial charge in [0.1, 0.15) is 6.29 Å². The third-order valence-electron chi connectivity index (χ3n) is 3.07. The van der Waals surface area contributed by atoms with E-state index >= 15 is 0 Å². The zero-order valence-electron chi connectivity index (χ0n) is 7.51. The van der Waals surface area contributed by atoms with Crippen LogP contribution in [0.4, 0.5) is 0 Å². The Kier molecular flexibility index (Phi) is 1.96. The van der Waals surface area contributed by atoms with E-state index in [0.717, 1.165) is 12.7 Å². The van der Waals surface area contributed by atoms with E-state index in [-0.39, 0.29) is 23.1 Å². The number of fused-ring (bicyclic) bond motifs is 2. The van der Waals surface area contributed by atoms with Crippen molar-refractivity contribution in [3.05, 3.63) is 0 Å². The first-order valence-electron chi connectivity index (χ1n) is 4.47. The molecule has 0 aliphatic carbocycles. The molecule has 0 aromatic carbocycles. The van der Waals surface area contributed by atoms with Crippen molar-refractivity contribution in [2.75, 3.05) is 12.3 Å². The maximum absolute atomic E-state index is 11.4. The van der Waals surface area contributed by atoms with Gasteiger partial charge in [-0.25, -0.2) is 8.42 Å². The van der Waals surface area contributed by atoms with Gasteiger partial charge in [-0.1, -0.05) is 0 Å². The molecular formula is C8H13NO3S. The van der Waals surface area contributed by atoms with Gasteiger partial charge >= 0.3 is 0 Å². The molecule has 74 valence electrons. The lowest BCUT2D eigenvalue weighted by Crippen LogP contribution is -2.45. The molecule has 0 saturated carbocycles. The van der Waals surface area contributed by atoms with Crippen molar-refractivity contribution in [1.82, 2.24) is 4.90 Å². The largest absolute Gasteiger partial charge is 0.302 e. The fourth-order valence-corrected chi connectivity index (χ4v) is 4.35. The van der Waals surface area contributed by atoms with E-state index in [4.69, 9.17) is 0 Å². The molecule has 0 aromatic rings. The maximum Gasteiger partial charge on any atom is 0.156 e. The lowest BCUT2D eigenvalue weighted by atomic mass is 10.2. The smallest absolute Gasteiger partial charge is 0.156 e. The molecule has 0 amide bonds. The van der Waals surface area contributed by atoms with Gasteiger partial charge in [0.25, 0.3) is 0 Å². The summed E-state index contributed by atoms with van der Waals surface area (Å²) in [5.41, 5.74) is 0. The van der Waals surface area contributed by atoms with Crippen molar-refractivity contribution in [3.8, 4) is 0 Å². The van der Waals surface area contributed by atoms with E-state index in [1.165, 1.54) is 0 Å². The van der Waals surface area contributed by atoms with Crippen LogP contribution in [0.15, 0.2) is 0 Å². The van der Waals surface area contributed by atoms with Gasteiger partial charge in [0.05, 0.1) is 17.0 Å². The van der Waals surface area contributed by atoms with Crippen LogP contribution in [0.1, 0.15) is 13.3 Å². The van der Waals surface area contributed by atoms with E-state index in [1.807, 2.05) is 11.8 Å². The Labute approximate surface area is 77.8 Å². The van der Waals surface area contributed by atoms with Crippen LogP contribution in [-0.2, 0) is 14.6 Å². The number of likely N-dealkylation sites (tertiary alicyclic amines) is 1. The molecule has 2 saturated heterocycles. The maximum atomic E-state index is 11.4. The van der Waals surface area contributed by atoms with Crippen molar-refractivity contribution in [2.45, 2.75) is 30.7 Å². The predicted octanol–water partition coefficient (Wildman–Crippen LogP) is -0.555. The van der Waals surface area contributed by atoms with E-state index < -0.39 is 9.84 Å². The average molecular weight is 203 g/mol. The molecule has 3 atom stereocenters. The lowest BCUT2D eigenvalue weighted by Gasteiger charge is -2.29. The molecule has 0 N–H and O–H groups in total. The van der Waals surface area contributed by atoms with Crippen LogP contribution in [0.3, 0.4) is 0 Å². The summed E-state index contributed by atoms with van der Waals surface area (Å²) < 4.78 is 22.7. The monoisotopic (exact) mass is 203 g/mol. The van der Waals surface area contributed by atoms with Crippen LogP contribution in [0.2, 0.25) is 0 Å². The first-order chi connectivity index (χ1) is 6.04. The highest BCUT2D eigenvalue weighted by Crippen LogP contribution is 2.33. The van der Waals surface area contributed by atoms with Crippen molar-refractivity contribution in [1.29, 1.82) is 0 Å². The molecule has 2 rings (SSSR count). The Morgan fingerprint density at radius 1 is 1.54 bits per heavy atom. The zero-order chi connectivity index (χ0) is 9.64. The van der Waals surface area contributed by atoms with Crippen LogP contribution in [0.5, 0.6) is 0 Å². The molecule has 4 nitrogen and oxygen atoms in total. The van der Waals surface area contributed by atoms with Crippen LogP contribution in [0, 0.1) is 0 Å². The van der Waals surface area contributed by atoms with E-state index in [2.05, 4.69) is 0 Å². The Balaban J connectivity index is 2.16. The number of hydrogen-bond acceptors (Lipinski definition) is 4. The van der Waals surface area contributed by atoms with Gasteiger partial charge in [-0.15, -0.1) is 0 Å². The summed E-state index contributed by atoms with van der Waals surface area (Å²) in [6, 6.07) is -0.0410. The fraction of sp³-hybridized carbons (Fsp3) is 0.875. The molecule has 2 fully saturated rings. The third kappa shape index (κ3) is 1.30. The molecule has 0 spiro atoms. The second-order valence-corrected chi connectivity index (χ2v) is 6.24. The molecule has 2 heterocycles. The van der Waals surface area contributed by atoms with E-state index in [1.54, 1.807) is 0 Å². The van der Waals surface area contributed by atoms with Crippen LogP contribution < -0.4 is 0 Å². The normalized spacial score (nSPS) is 39.2. The van der Waals surface area contributed by atoms with Crippen molar-refractivity contribution in [3.63, 3.8) is 0 Å². The van der Waals surface area contributed by atoms with Crippen molar-refractivity contribution >= 4 is 16.1 Å². The summed E-state index contributed by atoms with van der Waals surface area (Å²) in [4.78, 5) is 12.5. The number of aldehydes is 1. The SMILES string of the molecule is CC(C=O)N1CC2CC1CS2(=O)=O. The number of rotatable bonds is 2. The summed E-state index contributed by atoms with van der Waals surface area (Å²) >= 11 is 0. The van der Waals surface area contributed by atoms with Gasteiger partial charge in [0.15, 0.2) is 9.84 Å². The fourth-order valence-electron chi connectivity index (χ4n) is 2.30. The topological polar surface area (TPSA) is 54.5 Å². The highest BCUT2D eigenvalue weighted by molar-refractivity contribution is 7.92. The van der Waals surface area contributed by atoms with Crippen LogP contribution >= 0.6 is 0 Å². The van der Waals surface area contributed by atoms with Crippen molar-refractivity contribution < 1.29 is 13.2 Å². The van der Waals surface area contributed by atoms with Gasteiger partial charge in [-0.2, -0.15) is 0 Å². The molecular weight excluding hydrogens is 190 g/mol. The summed E-state index contributed by atoms with van der Waals surface area (Å²) in [6.45, 7) is 2.37. The molecule has 5 heteroatoms. The quantitative estimate of drug-likeness (QED) is 0.565. The number of sulfone groups is 1. The first kappa shape index (κ1) is 9.15. The summed E-state index contributed by atoms with van der Waals surface area (Å²) in [6.07, 6.45) is 1.60. The van der Waals surface area contributed by atoms with Crippen molar-refractivity contribution in [2.24, 2.45) is 0 Å². The van der Waals surface area contributed by atoms with Gasteiger partial charge in [0, 0.05) is 12.6 Å². The Morgan fingerprint density at radius 2 is 2.23 bits per heavy atom. The Hall–Kier alpha value is -0.420. The number of carbonyl (C=O) groups excluding carboxylic acids is 1. The minimum atomic E-state index is -2.82. The number of nitrogens with zero attached hydrogens (tertiary/aromatic N) is 1. The minimum Gasteiger partial charge on any atom is -0.302 e. The standard InChI is InChI=1S/C8H13NO3S/c1-6(4-10)9-3-8-2-7(9)5-13(8,11)12/h4,6-8H,2-3,5H2,1H3. The molecule has 2 aliphatic rings. The molecule has 2 bridgehead atoms. The lowest BCUT2D eigenvalue weighted by molar-refractivity contribution is -0.112.